The zero-order valence-electron chi connectivity index (χ0n) is 6.28. The molecule has 0 radical (unpaired) electrons. The maximum atomic E-state index is 10.8. The Morgan fingerprint density at radius 3 is 3.08 bits per heavy atom. The molecule has 1 aromatic heterocycles. The molecule has 0 aliphatic heterocycles. The summed E-state index contributed by atoms with van der Waals surface area (Å²) in [6.45, 7) is 0. The highest BCUT2D eigenvalue weighted by atomic mass is 16.5. The second-order valence-corrected chi connectivity index (χ2v) is 2.83. The average molecular weight is 168 g/mol. The summed E-state index contributed by atoms with van der Waals surface area (Å²) < 4.78 is 4.89. The van der Waals surface area contributed by atoms with Gasteiger partial charge in [0.1, 0.15) is 5.76 Å². The largest absolute Gasteiger partial charge is 0.360 e. The van der Waals surface area contributed by atoms with E-state index in [0.29, 0.717) is 5.92 Å². The summed E-state index contributed by atoms with van der Waals surface area (Å²) in [5, 5.41) is 11.8. The van der Waals surface area contributed by atoms with E-state index in [1.807, 2.05) is 0 Å². The van der Waals surface area contributed by atoms with Crippen molar-refractivity contribution in [3.8, 4) is 0 Å². The lowest BCUT2D eigenvalue weighted by molar-refractivity contribution is 0.0696. The van der Waals surface area contributed by atoms with E-state index in [1.54, 1.807) is 6.07 Å². The third-order valence-corrected chi connectivity index (χ3v) is 1.84. The Kier molecular flexibility index (Phi) is 1.58. The van der Waals surface area contributed by atoms with Gasteiger partial charge >= 0.3 is 0 Å². The monoisotopic (exact) mass is 168 g/mol. The standard InChI is InChI=1S/C7H8N2O3/c10-7(8-11)5-3-6(12-9-5)4-1-2-4/h3-4,11H,1-2H2,(H,8,10). The molecule has 1 amide bonds. The molecule has 2 N–H and O–H groups in total. The van der Waals surface area contributed by atoms with Gasteiger partial charge in [-0.15, -0.1) is 0 Å². The maximum absolute atomic E-state index is 10.8. The number of nitrogens with zero attached hydrogens (tertiary/aromatic N) is 1. The molecular weight excluding hydrogens is 160 g/mol. The van der Waals surface area contributed by atoms with Crippen LogP contribution in [0, 0.1) is 0 Å². The molecule has 12 heavy (non-hydrogen) atoms. The van der Waals surface area contributed by atoms with Crippen LogP contribution in [-0.2, 0) is 0 Å². The number of rotatable bonds is 2. The van der Waals surface area contributed by atoms with Crippen molar-refractivity contribution in [1.29, 1.82) is 0 Å². The fraction of sp³-hybridized carbons (Fsp3) is 0.429. The Morgan fingerprint density at radius 1 is 1.75 bits per heavy atom. The van der Waals surface area contributed by atoms with E-state index in [1.165, 1.54) is 5.48 Å². The van der Waals surface area contributed by atoms with Crippen LogP contribution in [0.4, 0.5) is 0 Å². The molecule has 1 aromatic rings. The van der Waals surface area contributed by atoms with Gasteiger partial charge in [0.15, 0.2) is 5.69 Å². The van der Waals surface area contributed by atoms with Gasteiger partial charge in [-0.05, 0) is 12.8 Å². The predicted octanol–water partition coefficient (Wildman–Crippen LogP) is 0.671. The number of amides is 1. The van der Waals surface area contributed by atoms with Crippen LogP contribution in [0.25, 0.3) is 0 Å². The van der Waals surface area contributed by atoms with Gasteiger partial charge in [-0.25, -0.2) is 5.48 Å². The Morgan fingerprint density at radius 2 is 2.50 bits per heavy atom. The van der Waals surface area contributed by atoms with Gasteiger partial charge in [-0.1, -0.05) is 5.16 Å². The number of carbonyl (C=O) groups is 1. The minimum atomic E-state index is -0.634. The lowest BCUT2D eigenvalue weighted by Gasteiger charge is -1.87. The molecule has 1 aliphatic carbocycles. The van der Waals surface area contributed by atoms with Gasteiger partial charge in [0.2, 0.25) is 0 Å². The van der Waals surface area contributed by atoms with Crippen molar-refractivity contribution < 1.29 is 14.5 Å². The third kappa shape index (κ3) is 1.18. The summed E-state index contributed by atoms with van der Waals surface area (Å²) in [7, 11) is 0. The maximum Gasteiger partial charge on any atom is 0.296 e. The van der Waals surface area contributed by atoms with E-state index in [4.69, 9.17) is 9.73 Å². The molecule has 0 unspecified atom stereocenters. The Balaban J connectivity index is 2.17. The topological polar surface area (TPSA) is 75.4 Å². The molecule has 1 saturated carbocycles. The second kappa shape index (κ2) is 2.60. The fourth-order valence-corrected chi connectivity index (χ4v) is 1.01. The molecule has 0 spiro atoms. The van der Waals surface area contributed by atoms with Gasteiger partial charge in [0, 0.05) is 12.0 Å². The van der Waals surface area contributed by atoms with Crippen molar-refractivity contribution in [3.05, 3.63) is 17.5 Å². The molecule has 64 valence electrons. The molecule has 2 rings (SSSR count). The number of aromatic nitrogens is 1. The molecule has 1 aliphatic rings. The molecule has 0 saturated heterocycles. The average Bonchev–Trinajstić information content (AvgIpc) is 2.83. The van der Waals surface area contributed by atoms with Gasteiger partial charge in [-0.2, -0.15) is 0 Å². The molecule has 0 bridgehead atoms. The Bertz CT molecular complexity index is 303. The highest BCUT2D eigenvalue weighted by Gasteiger charge is 2.28. The van der Waals surface area contributed by atoms with Crippen LogP contribution in [0.3, 0.4) is 0 Å². The first-order valence-corrected chi connectivity index (χ1v) is 3.72. The molecular formula is C7H8N2O3. The van der Waals surface area contributed by atoms with Crippen molar-refractivity contribution in [3.63, 3.8) is 0 Å². The van der Waals surface area contributed by atoms with E-state index in [2.05, 4.69) is 5.16 Å². The first-order valence-electron chi connectivity index (χ1n) is 3.72. The predicted molar refractivity (Wildman–Crippen MR) is 37.7 cm³/mol. The van der Waals surface area contributed by atoms with E-state index >= 15 is 0 Å². The van der Waals surface area contributed by atoms with Crippen molar-refractivity contribution in [2.75, 3.05) is 0 Å². The van der Waals surface area contributed by atoms with Crippen LogP contribution < -0.4 is 5.48 Å². The van der Waals surface area contributed by atoms with Crippen LogP contribution >= 0.6 is 0 Å². The first-order chi connectivity index (χ1) is 5.81. The van der Waals surface area contributed by atoms with E-state index in [-0.39, 0.29) is 5.69 Å². The van der Waals surface area contributed by atoms with Crippen LogP contribution in [0.5, 0.6) is 0 Å². The minimum Gasteiger partial charge on any atom is -0.360 e. The molecule has 0 atom stereocenters. The molecule has 0 aromatic carbocycles. The van der Waals surface area contributed by atoms with E-state index in [9.17, 15) is 4.79 Å². The summed E-state index contributed by atoms with van der Waals surface area (Å²) in [5.74, 6) is 0.525. The highest BCUT2D eigenvalue weighted by molar-refractivity contribution is 5.91. The number of hydrogen-bond donors (Lipinski definition) is 2. The van der Waals surface area contributed by atoms with Gasteiger partial charge < -0.3 is 4.52 Å². The van der Waals surface area contributed by atoms with Crippen molar-refractivity contribution in [1.82, 2.24) is 10.6 Å². The van der Waals surface area contributed by atoms with E-state index in [0.717, 1.165) is 18.6 Å². The number of nitrogens with one attached hydrogen (secondary N) is 1. The van der Waals surface area contributed by atoms with Crippen LogP contribution in [0.1, 0.15) is 35.0 Å². The van der Waals surface area contributed by atoms with E-state index < -0.39 is 5.91 Å². The summed E-state index contributed by atoms with van der Waals surface area (Å²) >= 11 is 0. The summed E-state index contributed by atoms with van der Waals surface area (Å²) in [6.07, 6.45) is 2.19. The fourth-order valence-electron chi connectivity index (χ4n) is 1.01. The second-order valence-electron chi connectivity index (χ2n) is 2.83. The Labute approximate surface area is 68.3 Å². The van der Waals surface area contributed by atoms with Gasteiger partial charge in [0.25, 0.3) is 5.91 Å². The normalized spacial score (nSPS) is 16.1. The zero-order chi connectivity index (χ0) is 8.55. The molecule has 1 heterocycles. The third-order valence-electron chi connectivity index (χ3n) is 1.84. The lowest BCUT2D eigenvalue weighted by Crippen LogP contribution is -2.18. The van der Waals surface area contributed by atoms with Crippen molar-refractivity contribution in [2.45, 2.75) is 18.8 Å². The summed E-state index contributed by atoms with van der Waals surface area (Å²) in [4.78, 5) is 10.8. The number of hydrogen-bond acceptors (Lipinski definition) is 4. The molecule has 5 nitrogen and oxygen atoms in total. The van der Waals surface area contributed by atoms with Crippen LogP contribution in [-0.4, -0.2) is 16.3 Å². The minimum absolute atomic E-state index is 0.124. The zero-order valence-corrected chi connectivity index (χ0v) is 6.28. The molecule has 1 fully saturated rings. The van der Waals surface area contributed by atoms with Crippen LogP contribution in [0.15, 0.2) is 10.6 Å². The smallest absolute Gasteiger partial charge is 0.296 e. The highest BCUT2D eigenvalue weighted by Crippen LogP contribution is 2.40. The first kappa shape index (κ1) is 7.30. The quantitative estimate of drug-likeness (QED) is 0.502. The molecule has 5 heteroatoms. The summed E-state index contributed by atoms with van der Waals surface area (Å²) in [5.41, 5.74) is 1.62. The van der Waals surface area contributed by atoms with Gasteiger partial charge in [-0.3, -0.25) is 10.0 Å². The van der Waals surface area contributed by atoms with Crippen molar-refractivity contribution in [2.24, 2.45) is 0 Å². The Hall–Kier alpha value is -1.36. The lowest BCUT2D eigenvalue weighted by atomic mass is 10.3. The SMILES string of the molecule is O=C(NO)c1cc(C2CC2)on1. The number of hydroxylamine groups is 1. The number of carbonyl (C=O) groups excluding carboxylic acids is 1. The van der Waals surface area contributed by atoms with Crippen molar-refractivity contribution >= 4 is 5.91 Å². The van der Waals surface area contributed by atoms with Crippen LogP contribution in [0.2, 0.25) is 0 Å². The van der Waals surface area contributed by atoms with Gasteiger partial charge in [0.05, 0.1) is 0 Å². The summed E-state index contributed by atoms with van der Waals surface area (Å²) in [6, 6.07) is 1.56.